The van der Waals surface area contributed by atoms with Crippen LogP contribution in [-0.2, 0) is 0 Å². The smallest absolute Gasteiger partial charge is 0.254 e. The number of allylic oxidation sites excluding steroid dienone is 2. The zero-order valence-electron chi connectivity index (χ0n) is 16.8. The number of piperidine rings is 1. The predicted octanol–water partition coefficient (Wildman–Crippen LogP) is 6.18. The molecule has 2 aromatic rings. The first kappa shape index (κ1) is 18.7. The first-order chi connectivity index (χ1) is 14.1. The fourth-order valence-corrected chi connectivity index (χ4v) is 5.42. The van der Waals surface area contributed by atoms with Crippen molar-refractivity contribution in [2.45, 2.75) is 50.6 Å². The predicted molar refractivity (Wildman–Crippen MR) is 119 cm³/mol. The highest BCUT2D eigenvalue weighted by atomic mass is 35.5. The molecule has 5 rings (SSSR count). The first-order valence-electron chi connectivity index (χ1n) is 10.8. The summed E-state index contributed by atoms with van der Waals surface area (Å²) in [6.45, 7) is 3.05. The van der Waals surface area contributed by atoms with E-state index in [1.165, 1.54) is 17.5 Å². The number of nitrogens with zero attached hydrogens (tertiary/aromatic N) is 1. The zero-order chi connectivity index (χ0) is 20.0. The monoisotopic (exact) mass is 406 g/mol. The number of carbonyl (C=O) groups is 1. The van der Waals surface area contributed by atoms with Crippen molar-refractivity contribution < 1.29 is 4.79 Å². The van der Waals surface area contributed by atoms with E-state index in [1.807, 2.05) is 18.2 Å². The van der Waals surface area contributed by atoms with E-state index in [9.17, 15) is 4.79 Å². The van der Waals surface area contributed by atoms with Gasteiger partial charge in [0.1, 0.15) is 0 Å². The maximum Gasteiger partial charge on any atom is 0.254 e. The summed E-state index contributed by atoms with van der Waals surface area (Å²) < 4.78 is 0. The lowest BCUT2D eigenvalue weighted by Crippen LogP contribution is -2.42. The highest BCUT2D eigenvalue weighted by molar-refractivity contribution is 6.30. The average Bonchev–Trinajstić information content (AvgIpc) is 3.24. The largest absolute Gasteiger partial charge is 0.378 e. The van der Waals surface area contributed by atoms with Crippen molar-refractivity contribution in [3.05, 3.63) is 76.3 Å². The van der Waals surface area contributed by atoms with Crippen molar-refractivity contribution in [3.8, 4) is 0 Å². The SMILES string of the molecule is C[C@@H]1CCCCN1C(=O)c1ccc2c(c1)[C@@H]1C=CC[C@H]1[C@H](c1ccc(Cl)cc1)N2. The van der Waals surface area contributed by atoms with Gasteiger partial charge in [0, 0.05) is 34.8 Å². The summed E-state index contributed by atoms with van der Waals surface area (Å²) in [5.41, 5.74) is 4.48. The number of halogens is 1. The molecule has 3 nitrogen and oxygen atoms in total. The summed E-state index contributed by atoms with van der Waals surface area (Å²) in [6, 6.07) is 15.0. The van der Waals surface area contributed by atoms with E-state index in [4.69, 9.17) is 11.6 Å². The van der Waals surface area contributed by atoms with Crippen LogP contribution in [0.15, 0.2) is 54.6 Å². The molecule has 0 radical (unpaired) electrons. The normalized spacial score (nSPS) is 27.9. The molecule has 1 aliphatic carbocycles. The Balaban J connectivity index is 1.47. The molecule has 29 heavy (non-hydrogen) atoms. The van der Waals surface area contributed by atoms with Gasteiger partial charge in [0.2, 0.25) is 0 Å². The molecule has 2 aliphatic heterocycles. The van der Waals surface area contributed by atoms with Crippen LogP contribution in [0.4, 0.5) is 5.69 Å². The number of hydrogen-bond donors (Lipinski definition) is 1. The summed E-state index contributed by atoms with van der Waals surface area (Å²) in [5.74, 6) is 0.986. The lowest BCUT2D eigenvalue weighted by atomic mass is 9.76. The van der Waals surface area contributed by atoms with E-state index in [0.29, 0.717) is 17.9 Å². The topological polar surface area (TPSA) is 32.3 Å². The molecule has 0 spiro atoms. The second-order valence-corrected chi connectivity index (χ2v) is 9.11. The summed E-state index contributed by atoms with van der Waals surface area (Å²) in [5, 5.41) is 4.52. The number of hydrogen-bond acceptors (Lipinski definition) is 2. The third-order valence-electron chi connectivity index (χ3n) is 6.90. The molecule has 1 fully saturated rings. The first-order valence-corrected chi connectivity index (χ1v) is 11.1. The Morgan fingerprint density at radius 3 is 2.76 bits per heavy atom. The molecule has 0 bridgehead atoms. The van der Waals surface area contributed by atoms with Crippen LogP contribution in [0.5, 0.6) is 0 Å². The molecular formula is C25H27ClN2O. The minimum absolute atomic E-state index is 0.179. The summed E-state index contributed by atoms with van der Waals surface area (Å²) in [7, 11) is 0. The number of amides is 1. The third kappa shape index (κ3) is 3.36. The second-order valence-electron chi connectivity index (χ2n) is 8.67. The van der Waals surface area contributed by atoms with Crippen LogP contribution in [0, 0.1) is 5.92 Å². The quantitative estimate of drug-likeness (QED) is 0.604. The van der Waals surface area contributed by atoms with Gasteiger partial charge in [-0.15, -0.1) is 0 Å². The molecule has 1 amide bonds. The van der Waals surface area contributed by atoms with Gasteiger partial charge in [0.05, 0.1) is 6.04 Å². The molecule has 2 aromatic carbocycles. The number of nitrogens with one attached hydrogen (secondary N) is 1. The maximum absolute atomic E-state index is 13.2. The summed E-state index contributed by atoms with van der Waals surface area (Å²) in [4.78, 5) is 15.2. The molecule has 4 heteroatoms. The van der Waals surface area contributed by atoms with Crippen LogP contribution >= 0.6 is 11.6 Å². The number of benzene rings is 2. The van der Waals surface area contributed by atoms with Crippen LogP contribution in [-0.4, -0.2) is 23.4 Å². The van der Waals surface area contributed by atoms with E-state index in [0.717, 1.165) is 42.1 Å². The van der Waals surface area contributed by atoms with Gasteiger partial charge in [-0.05, 0) is 80.0 Å². The van der Waals surface area contributed by atoms with Crippen molar-refractivity contribution in [1.82, 2.24) is 4.90 Å². The lowest BCUT2D eigenvalue weighted by Gasteiger charge is -2.38. The molecule has 1 N–H and O–H groups in total. The molecule has 1 saturated heterocycles. The van der Waals surface area contributed by atoms with Crippen molar-refractivity contribution in [1.29, 1.82) is 0 Å². The van der Waals surface area contributed by atoms with Gasteiger partial charge in [0.15, 0.2) is 0 Å². The Kier molecular flexibility index (Phi) is 4.87. The minimum Gasteiger partial charge on any atom is -0.378 e. The zero-order valence-corrected chi connectivity index (χ0v) is 17.5. The number of anilines is 1. The molecule has 0 saturated carbocycles. The van der Waals surface area contributed by atoms with Crippen molar-refractivity contribution >= 4 is 23.2 Å². The van der Waals surface area contributed by atoms with Crippen LogP contribution in [0.25, 0.3) is 0 Å². The van der Waals surface area contributed by atoms with Gasteiger partial charge in [-0.1, -0.05) is 35.9 Å². The molecule has 4 atom stereocenters. The minimum atomic E-state index is 0.179. The van der Waals surface area contributed by atoms with Gasteiger partial charge >= 0.3 is 0 Å². The molecule has 3 aliphatic rings. The molecule has 150 valence electrons. The average molecular weight is 407 g/mol. The highest BCUT2D eigenvalue weighted by Gasteiger charge is 2.38. The standard InChI is InChI=1S/C25H27ClN2O/c1-16-5-2-3-14-28(16)25(29)18-10-13-23-22(15-18)20-6-4-7-21(20)24(27-23)17-8-11-19(26)12-9-17/h4,6,8-13,15-16,20-21,24,27H,2-3,5,7,14H2,1H3/t16-,20-,21-,24+/m1/s1. The third-order valence-corrected chi connectivity index (χ3v) is 7.15. The van der Waals surface area contributed by atoms with Crippen LogP contribution in [0.3, 0.4) is 0 Å². The Morgan fingerprint density at radius 2 is 1.97 bits per heavy atom. The fourth-order valence-electron chi connectivity index (χ4n) is 5.29. The molecular weight excluding hydrogens is 380 g/mol. The molecule has 2 heterocycles. The van der Waals surface area contributed by atoms with Crippen molar-refractivity contribution in [3.63, 3.8) is 0 Å². The van der Waals surface area contributed by atoms with Crippen LogP contribution in [0.2, 0.25) is 5.02 Å². The Hall–Kier alpha value is -2.26. The summed E-state index contributed by atoms with van der Waals surface area (Å²) in [6.07, 6.45) is 9.10. The number of likely N-dealkylation sites (tertiary alicyclic amines) is 1. The molecule has 0 aromatic heterocycles. The van der Waals surface area contributed by atoms with E-state index >= 15 is 0 Å². The van der Waals surface area contributed by atoms with E-state index in [-0.39, 0.29) is 11.9 Å². The van der Waals surface area contributed by atoms with E-state index < -0.39 is 0 Å². The number of carbonyl (C=O) groups excluding carboxylic acids is 1. The van der Waals surface area contributed by atoms with Gasteiger partial charge in [0.25, 0.3) is 5.91 Å². The van der Waals surface area contributed by atoms with Crippen LogP contribution in [0.1, 0.15) is 66.1 Å². The Morgan fingerprint density at radius 1 is 1.14 bits per heavy atom. The Bertz CT molecular complexity index is 952. The Labute approximate surface area is 177 Å². The number of fused-ring (bicyclic) bond motifs is 3. The van der Waals surface area contributed by atoms with E-state index in [1.54, 1.807) is 0 Å². The van der Waals surface area contributed by atoms with E-state index in [2.05, 4.69) is 53.6 Å². The second kappa shape index (κ2) is 7.53. The summed E-state index contributed by atoms with van der Waals surface area (Å²) >= 11 is 6.10. The fraction of sp³-hybridized carbons (Fsp3) is 0.400. The molecule has 0 unspecified atom stereocenters. The lowest BCUT2D eigenvalue weighted by molar-refractivity contribution is 0.0635. The van der Waals surface area contributed by atoms with Crippen molar-refractivity contribution in [2.24, 2.45) is 5.92 Å². The van der Waals surface area contributed by atoms with Crippen LogP contribution < -0.4 is 5.32 Å². The maximum atomic E-state index is 13.2. The van der Waals surface area contributed by atoms with Gasteiger partial charge in [-0.3, -0.25) is 4.79 Å². The van der Waals surface area contributed by atoms with Crippen molar-refractivity contribution in [2.75, 3.05) is 11.9 Å². The van der Waals surface area contributed by atoms with Gasteiger partial charge < -0.3 is 10.2 Å². The van der Waals surface area contributed by atoms with Gasteiger partial charge in [-0.2, -0.15) is 0 Å². The highest BCUT2D eigenvalue weighted by Crippen LogP contribution is 2.50. The number of rotatable bonds is 2. The van der Waals surface area contributed by atoms with Gasteiger partial charge in [-0.25, -0.2) is 0 Å².